The second-order valence-electron chi connectivity index (χ2n) is 5.68. The Morgan fingerprint density at radius 3 is 2.24 bits per heavy atom. The Kier molecular flexibility index (Phi) is 6.77. The van der Waals surface area contributed by atoms with Crippen molar-refractivity contribution in [2.75, 3.05) is 20.8 Å². The van der Waals surface area contributed by atoms with Gasteiger partial charge in [0.25, 0.3) is 0 Å². The zero-order valence-corrected chi connectivity index (χ0v) is 14.8. The first kappa shape index (κ1) is 18.7. The summed E-state index contributed by atoms with van der Waals surface area (Å²) in [5.74, 6) is 0.391. The highest BCUT2D eigenvalue weighted by molar-refractivity contribution is 5.97. The number of esters is 2. The quantitative estimate of drug-likeness (QED) is 0.586. The lowest BCUT2D eigenvalue weighted by molar-refractivity contribution is -0.672. The molecule has 1 aromatic carbocycles. The van der Waals surface area contributed by atoms with Gasteiger partial charge in [0.2, 0.25) is 0 Å². The zero-order valence-electron chi connectivity index (χ0n) is 14.8. The Labute approximate surface area is 147 Å². The van der Waals surface area contributed by atoms with Gasteiger partial charge in [-0.2, -0.15) is 0 Å². The number of nitrogens with two attached hydrogens (primary N) is 1. The normalized spacial score (nSPS) is 10.5. The number of carbonyl (C=O) groups is 2. The van der Waals surface area contributed by atoms with E-state index < -0.39 is 11.9 Å². The van der Waals surface area contributed by atoms with E-state index in [2.05, 4.69) is 12.2 Å². The molecule has 6 heteroatoms. The van der Waals surface area contributed by atoms with Gasteiger partial charge in [-0.05, 0) is 36.8 Å². The number of ether oxygens (including phenoxy) is 2. The molecule has 0 unspecified atom stereocenters. The molecule has 0 saturated heterocycles. The fourth-order valence-corrected chi connectivity index (χ4v) is 2.48. The summed E-state index contributed by atoms with van der Waals surface area (Å²) in [6.45, 7) is 3.96. The van der Waals surface area contributed by atoms with Crippen molar-refractivity contribution < 1.29 is 28.8 Å². The number of methoxy groups -OCH3 is 2. The maximum Gasteiger partial charge on any atom is 0.337 e. The standard InChI is InChI=1S/C19H23NO5/c1-4-5-8-20-12-16-6-7-17(25-16)13-9-14(18(21)23-2)11-15(10-13)19(22)24-3/h6-7,9-11,20H,4-5,8,12H2,1-3H3/p+1. The van der Waals surface area contributed by atoms with E-state index in [4.69, 9.17) is 13.9 Å². The molecule has 2 N–H and O–H groups in total. The molecule has 0 fully saturated rings. The van der Waals surface area contributed by atoms with E-state index >= 15 is 0 Å². The number of quaternary nitrogens is 1. The lowest BCUT2D eigenvalue weighted by Crippen LogP contribution is -2.82. The molecule has 0 aliphatic carbocycles. The minimum Gasteiger partial charge on any atom is -0.465 e. The minimum absolute atomic E-state index is 0.271. The summed E-state index contributed by atoms with van der Waals surface area (Å²) in [4.78, 5) is 23.7. The summed E-state index contributed by atoms with van der Waals surface area (Å²) in [6, 6.07) is 8.47. The third-order valence-electron chi connectivity index (χ3n) is 3.83. The Morgan fingerprint density at radius 1 is 1.04 bits per heavy atom. The van der Waals surface area contributed by atoms with E-state index in [1.165, 1.54) is 20.3 Å². The zero-order chi connectivity index (χ0) is 18.2. The Hall–Kier alpha value is -2.60. The highest BCUT2D eigenvalue weighted by Crippen LogP contribution is 2.25. The van der Waals surface area contributed by atoms with Crippen LogP contribution in [-0.4, -0.2) is 32.7 Å². The molecule has 134 valence electrons. The van der Waals surface area contributed by atoms with Crippen LogP contribution in [0.3, 0.4) is 0 Å². The highest BCUT2D eigenvalue weighted by Gasteiger charge is 2.16. The molecule has 0 saturated carbocycles. The van der Waals surface area contributed by atoms with Crippen LogP contribution in [0.15, 0.2) is 34.7 Å². The van der Waals surface area contributed by atoms with E-state index in [0.717, 1.165) is 31.7 Å². The van der Waals surface area contributed by atoms with Crippen LogP contribution in [0.4, 0.5) is 0 Å². The SMILES string of the molecule is CCCC[NH2+]Cc1ccc(-c2cc(C(=O)OC)cc(C(=O)OC)c2)o1. The first-order valence-electron chi connectivity index (χ1n) is 8.31. The molecule has 0 radical (unpaired) electrons. The number of rotatable bonds is 8. The molecule has 0 atom stereocenters. The highest BCUT2D eigenvalue weighted by atomic mass is 16.5. The molecule has 2 aromatic rings. The molecule has 1 heterocycles. The van der Waals surface area contributed by atoms with Gasteiger partial charge in [-0.1, -0.05) is 13.3 Å². The maximum atomic E-state index is 11.9. The van der Waals surface area contributed by atoms with E-state index in [0.29, 0.717) is 11.3 Å². The van der Waals surface area contributed by atoms with Gasteiger partial charge in [-0.25, -0.2) is 9.59 Å². The maximum absolute atomic E-state index is 11.9. The van der Waals surface area contributed by atoms with Gasteiger partial charge in [0.1, 0.15) is 12.3 Å². The topological polar surface area (TPSA) is 82.3 Å². The van der Waals surface area contributed by atoms with Gasteiger partial charge in [0.15, 0.2) is 5.76 Å². The summed E-state index contributed by atoms with van der Waals surface area (Å²) in [6.07, 6.45) is 2.33. The number of hydrogen-bond acceptors (Lipinski definition) is 5. The second kappa shape index (κ2) is 9.03. The van der Waals surface area contributed by atoms with Gasteiger partial charge in [-0.15, -0.1) is 0 Å². The van der Waals surface area contributed by atoms with Gasteiger partial charge in [0.05, 0.1) is 31.9 Å². The first-order valence-corrected chi connectivity index (χ1v) is 8.31. The van der Waals surface area contributed by atoms with Crippen molar-refractivity contribution >= 4 is 11.9 Å². The van der Waals surface area contributed by atoms with Crippen molar-refractivity contribution in [1.29, 1.82) is 0 Å². The van der Waals surface area contributed by atoms with Crippen molar-refractivity contribution in [2.45, 2.75) is 26.3 Å². The predicted octanol–water partition coefficient (Wildman–Crippen LogP) is 2.38. The van der Waals surface area contributed by atoms with Crippen LogP contribution < -0.4 is 5.32 Å². The average molecular weight is 346 g/mol. The van der Waals surface area contributed by atoms with Crippen molar-refractivity contribution in [3.8, 4) is 11.3 Å². The largest absolute Gasteiger partial charge is 0.465 e. The van der Waals surface area contributed by atoms with Crippen LogP contribution in [0.2, 0.25) is 0 Å². The van der Waals surface area contributed by atoms with Gasteiger partial charge in [-0.3, -0.25) is 0 Å². The number of hydrogen-bond donors (Lipinski definition) is 1. The van der Waals surface area contributed by atoms with Crippen molar-refractivity contribution in [1.82, 2.24) is 0 Å². The fraction of sp³-hybridized carbons (Fsp3) is 0.368. The second-order valence-corrected chi connectivity index (χ2v) is 5.68. The molecule has 1 aromatic heterocycles. The first-order chi connectivity index (χ1) is 12.1. The summed E-state index contributed by atoms with van der Waals surface area (Å²) < 4.78 is 15.4. The smallest absolute Gasteiger partial charge is 0.337 e. The molecular formula is C19H24NO5+. The Balaban J connectivity index is 2.26. The van der Waals surface area contributed by atoms with Crippen LogP contribution in [-0.2, 0) is 16.0 Å². The van der Waals surface area contributed by atoms with Crippen molar-refractivity contribution in [3.05, 3.63) is 47.2 Å². The van der Waals surface area contributed by atoms with E-state index in [1.54, 1.807) is 12.1 Å². The molecule has 25 heavy (non-hydrogen) atoms. The number of furan rings is 1. The lowest BCUT2D eigenvalue weighted by Gasteiger charge is -2.06. The third-order valence-corrected chi connectivity index (χ3v) is 3.83. The molecule has 0 bridgehead atoms. The van der Waals surface area contributed by atoms with Crippen LogP contribution in [0, 0.1) is 0 Å². The van der Waals surface area contributed by atoms with Crippen molar-refractivity contribution in [2.24, 2.45) is 0 Å². The number of carbonyl (C=O) groups excluding carboxylic acids is 2. The molecule has 0 spiro atoms. The van der Waals surface area contributed by atoms with Gasteiger partial charge < -0.3 is 19.2 Å². The average Bonchev–Trinajstić information content (AvgIpc) is 3.12. The van der Waals surface area contributed by atoms with Gasteiger partial charge >= 0.3 is 11.9 Å². The molecule has 0 aliphatic rings. The molecule has 0 amide bonds. The van der Waals surface area contributed by atoms with Crippen LogP contribution in [0.1, 0.15) is 46.2 Å². The number of benzene rings is 1. The summed E-state index contributed by atoms with van der Waals surface area (Å²) in [5.41, 5.74) is 1.17. The third kappa shape index (κ3) is 4.93. The lowest BCUT2D eigenvalue weighted by atomic mass is 10.0. The van der Waals surface area contributed by atoms with Gasteiger partial charge in [0, 0.05) is 5.56 Å². The number of unbranched alkanes of at least 4 members (excludes halogenated alkanes) is 1. The van der Waals surface area contributed by atoms with E-state index in [-0.39, 0.29) is 11.1 Å². The molecule has 6 nitrogen and oxygen atoms in total. The summed E-state index contributed by atoms with van der Waals surface area (Å²) >= 11 is 0. The fourth-order valence-electron chi connectivity index (χ4n) is 2.48. The molecule has 2 rings (SSSR count). The molecule has 0 aliphatic heterocycles. The molecular weight excluding hydrogens is 322 g/mol. The van der Waals surface area contributed by atoms with E-state index in [1.807, 2.05) is 12.1 Å². The van der Waals surface area contributed by atoms with Crippen LogP contribution in [0.25, 0.3) is 11.3 Å². The summed E-state index contributed by atoms with van der Waals surface area (Å²) in [7, 11) is 2.59. The Morgan fingerprint density at radius 2 is 1.68 bits per heavy atom. The monoisotopic (exact) mass is 346 g/mol. The Bertz CT molecular complexity index is 701. The predicted molar refractivity (Wildman–Crippen MR) is 92.2 cm³/mol. The summed E-state index contributed by atoms with van der Waals surface area (Å²) in [5, 5.41) is 2.19. The van der Waals surface area contributed by atoms with Crippen LogP contribution >= 0.6 is 0 Å². The van der Waals surface area contributed by atoms with Crippen molar-refractivity contribution in [3.63, 3.8) is 0 Å². The van der Waals surface area contributed by atoms with E-state index in [9.17, 15) is 9.59 Å². The minimum atomic E-state index is -0.522. The van der Waals surface area contributed by atoms with Crippen LogP contribution in [0.5, 0.6) is 0 Å².